The molecular formula is C13H23N3O2. The van der Waals surface area contributed by atoms with E-state index in [1.54, 1.807) is 0 Å². The van der Waals surface area contributed by atoms with Crippen molar-refractivity contribution in [2.24, 2.45) is 7.05 Å². The molecule has 102 valence electrons. The first kappa shape index (κ1) is 14.7. The van der Waals surface area contributed by atoms with Crippen LogP contribution in [0.4, 0.5) is 0 Å². The number of carbonyl (C=O) groups excluding carboxylic acids is 1. The number of nitrogens with one attached hydrogen (secondary N) is 1. The van der Waals surface area contributed by atoms with E-state index >= 15 is 0 Å². The van der Waals surface area contributed by atoms with Crippen LogP contribution >= 0.6 is 0 Å². The monoisotopic (exact) mass is 253 g/mol. The van der Waals surface area contributed by atoms with Gasteiger partial charge in [-0.05, 0) is 32.3 Å². The minimum absolute atomic E-state index is 0.00676. The average molecular weight is 253 g/mol. The molecule has 1 rings (SSSR count). The van der Waals surface area contributed by atoms with Gasteiger partial charge in [-0.15, -0.1) is 0 Å². The molecule has 5 nitrogen and oxygen atoms in total. The lowest BCUT2D eigenvalue weighted by Crippen LogP contribution is -2.37. The Morgan fingerprint density at radius 3 is 2.61 bits per heavy atom. The van der Waals surface area contributed by atoms with Crippen molar-refractivity contribution in [2.75, 3.05) is 6.61 Å². The van der Waals surface area contributed by atoms with Gasteiger partial charge in [0.1, 0.15) is 0 Å². The highest BCUT2D eigenvalue weighted by molar-refractivity contribution is 5.76. The number of aliphatic hydroxyl groups excluding tert-OH is 1. The van der Waals surface area contributed by atoms with Crippen molar-refractivity contribution in [2.45, 2.75) is 46.1 Å². The molecule has 0 radical (unpaired) electrons. The van der Waals surface area contributed by atoms with Crippen LogP contribution in [0.15, 0.2) is 0 Å². The summed E-state index contributed by atoms with van der Waals surface area (Å²) < 4.78 is 1.84. The van der Waals surface area contributed by atoms with Crippen LogP contribution in [-0.2, 0) is 18.3 Å². The van der Waals surface area contributed by atoms with Crippen molar-refractivity contribution in [3.8, 4) is 0 Å². The Hall–Kier alpha value is -1.36. The summed E-state index contributed by atoms with van der Waals surface area (Å²) in [7, 11) is 1.91. The zero-order valence-corrected chi connectivity index (χ0v) is 11.7. The molecule has 1 aromatic heterocycles. The van der Waals surface area contributed by atoms with Gasteiger partial charge in [-0.1, -0.05) is 6.92 Å². The molecule has 0 unspecified atom stereocenters. The number of hydrogen-bond donors (Lipinski definition) is 2. The molecule has 0 aliphatic rings. The highest BCUT2D eigenvalue weighted by Crippen LogP contribution is 2.13. The SMILES string of the molecule is CC[C@H](CO)NC(=O)CCc1c(C)nn(C)c1C. The number of amides is 1. The van der Waals surface area contributed by atoms with Crippen molar-refractivity contribution in [3.05, 3.63) is 17.0 Å². The summed E-state index contributed by atoms with van der Waals surface area (Å²) in [4.78, 5) is 11.7. The Morgan fingerprint density at radius 1 is 1.50 bits per heavy atom. The zero-order valence-electron chi connectivity index (χ0n) is 11.7. The van der Waals surface area contributed by atoms with E-state index in [1.807, 2.05) is 32.5 Å². The standard InChI is InChI=1S/C13H23N3O2/c1-5-11(8-17)14-13(18)7-6-12-9(2)15-16(4)10(12)3/h11,17H,5-8H2,1-4H3,(H,14,18)/t11-/m1/s1. The molecule has 0 saturated heterocycles. The number of aliphatic hydroxyl groups is 1. The number of aromatic nitrogens is 2. The summed E-state index contributed by atoms with van der Waals surface area (Å²) >= 11 is 0. The third-order valence-electron chi connectivity index (χ3n) is 3.34. The van der Waals surface area contributed by atoms with Crippen LogP contribution in [0.5, 0.6) is 0 Å². The van der Waals surface area contributed by atoms with Gasteiger partial charge < -0.3 is 10.4 Å². The number of rotatable bonds is 6. The molecular weight excluding hydrogens is 230 g/mol. The third-order valence-corrected chi connectivity index (χ3v) is 3.34. The molecule has 0 aliphatic carbocycles. The topological polar surface area (TPSA) is 67.2 Å². The predicted molar refractivity (Wildman–Crippen MR) is 70.3 cm³/mol. The largest absolute Gasteiger partial charge is 0.394 e. The van der Waals surface area contributed by atoms with Crippen molar-refractivity contribution < 1.29 is 9.90 Å². The smallest absolute Gasteiger partial charge is 0.220 e. The average Bonchev–Trinajstić information content (AvgIpc) is 2.58. The van der Waals surface area contributed by atoms with E-state index in [0.717, 1.165) is 23.4 Å². The Morgan fingerprint density at radius 2 is 2.17 bits per heavy atom. The minimum Gasteiger partial charge on any atom is -0.394 e. The predicted octanol–water partition coefficient (Wildman–Crippen LogP) is 0.857. The molecule has 0 spiro atoms. The van der Waals surface area contributed by atoms with E-state index in [2.05, 4.69) is 10.4 Å². The second-order valence-corrected chi connectivity index (χ2v) is 4.63. The maximum atomic E-state index is 11.7. The van der Waals surface area contributed by atoms with Gasteiger partial charge in [-0.25, -0.2) is 0 Å². The van der Waals surface area contributed by atoms with Crippen LogP contribution < -0.4 is 5.32 Å². The molecule has 2 N–H and O–H groups in total. The van der Waals surface area contributed by atoms with E-state index < -0.39 is 0 Å². The van der Waals surface area contributed by atoms with Gasteiger partial charge in [0, 0.05) is 19.2 Å². The summed E-state index contributed by atoms with van der Waals surface area (Å²) in [5.74, 6) is -0.0152. The Balaban J connectivity index is 2.52. The fourth-order valence-electron chi connectivity index (χ4n) is 1.99. The molecule has 0 aromatic carbocycles. The lowest BCUT2D eigenvalue weighted by Gasteiger charge is -2.13. The quantitative estimate of drug-likeness (QED) is 0.790. The van der Waals surface area contributed by atoms with Gasteiger partial charge in [0.05, 0.1) is 18.3 Å². The molecule has 0 fully saturated rings. The van der Waals surface area contributed by atoms with Crippen LogP contribution in [0.3, 0.4) is 0 Å². The maximum Gasteiger partial charge on any atom is 0.220 e. The first-order valence-corrected chi connectivity index (χ1v) is 6.38. The highest BCUT2D eigenvalue weighted by Gasteiger charge is 2.13. The summed E-state index contributed by atoms with van der Waals surface area (Å²) in [6, 6.07) is -0.131. The number of nitrogens with zero attached hydrogens (tertiary/aromatic N) is 2. The number of hydrogen-bond acceptors (Lipinski definition) is 3. The van der Waals surface area contributed by atoms with Crippen LogP contribution in [0.25, 0.3) is 0 Å². The van der Waals surface area contributed by atoms with Crippen molar-refractivity contribution in [1.29, 1.82) is 0 Å². The van der Waals surface area contributed by atoms with Crippen molar-refractivity contribution in [3.63, 3.8) is 0 Å². The molecule has 1 aromatic rings. The Bertz CT molecular complexity index is 409. The van der Waals surface area contributed by atoms with E-state index in [1.165, 1.54) is 0 Å². The zero-order chi connectivity index (χ0) is 13.7. The fourth-order valence-corrected chi connectivity index (χ4v) is 1.99. The number of aryl methyl sites for hydroxylation is 2. The number of carbonyl (C=O) groups is 1. The first-order chi connectivity index (χ1) is 8.49. The third kappa shape index (κ3) is 3.57. The summed E-state index contributed by atoms with van der Waals surface area (Å²) in [6.07, 6.45) is 1.87. The van der Waals surface area contributed by atoms with Crippen molar-refractivity contribution in [1.82, 2.24) is 15.1 Å². The molecule has 5 heteroatoms. The molecule has 0 aliphatic heterocycles. The van der Waals surface area contributed by atoms with Crippen LogP contribution in [0.1, 0.15) is 36.7 Å². The van der Waals surface area contributed by atoms with Gasteiger partial charge in [0.15, 0.2) is 0 Å². The first-order valence-electron chi connectivity index (χ1n) is 6.38. The van der Waals surface area contributed by atoms with Gasteiger partial charge in [-0.3, -0.25) is 9.48 Å². The summed E-state index contributed by atoms with van der Waals surface area (Å²) in [6.45, 7) is 5.91. The molecule has 1 amide bonds. The summed E-state index contributed by atoms with van der Waals surface area (Å²) in [5.41, 5.74) is 3.23. The second-order valence-electron chi connectivity index (χ2n) is 4.63. The highest BCUT2D eigenvalue weighted by atomic mass is 16.3. The molecule has 1 heterocycles. The maximum absolute atomic E-state index is 11.7. The molecule has 0 saturated carbocycles. The molecule has 1 atom stereocenters. The Labute approximate surface area is 108 Å². The minimum atomic E-state index is -0.131. The van der Waals surface area contributed by atoms with Gasteiger partial charge in [-0.2, -0.15) is 5.10 Å². The lowest BCUT2D eigenvalue weighted by molar-refractivity contribution is -0.122. The van der Waals surface area contributed by atoms with E-state index in [0.29, 0.717) is 12.8 Å². The lowest BCUT2D eigenvalue weighted by atomic mass is 10.1. The van der Waals surface area contributed by atoms with E-state index in [-0.39, 0.29) is 18.6 Å². The van der Waals surface area contributed by atoms with Crippen LogP contribution in [0.2, 0.25) is 0 Å². The van der Waals surface area contributed by atoms with Gasteiger partial charge >= 0.3 is 0 Å². The second kappa shape index (κ2) is 6.54. The molecule has 18 heavy (non-hydrogen) atoms. The van der Waals surface area contributed by atoms with Gasteiger partial charge in [0.25, 0.3) is 0 Å². The van der Waals surface area contributed by atoms with E-state index in [4.69, 9.17) is 5.11 Å². The Kier molecular flexibility index (Phi) is 5.34. The van der Waals surface area contributed by atoms with Crippen LogP contribution in [0, 0.1) is 13.8 Å². The fraction of sp³-hybridized carbons (Fsp3) is 0.692. The van der Waals surface area contributed by atoms with Crippen molar-refractivity contribution >= 4 is 5.91 Å². The van der Waals surface area contributed by atoms with Gasteiger partial charge in [0.2, 0.25) is 5.91 Å². The van der Waals surface area contributed by atoms with E-state index in [9.17, 15) is 4.79 Å². The summed E-state index contributed by atoms with van der Waals surface area (Å²) in [5, 5.41) is 16.2. The normalized spacial score (nSPS) is 12.5. The molecule has 0 bridgehead atoms. The van der Waals surface area contributed by atoms with Crippen LogP contribution in [-0.4, -0.2) is 33.4 Å².